The third kappa shape index (κ3) is 3.44. The van der Waals surface area contributed by atoms with E-state index in [1.54, 1.807) is 7.11 Å². The van der Waals surface area contributed by atoms with Gasteiger partial charge in [0.05, 0.1) is 12.7 Å². The molecule has 0 aliphatic carbocycles. The molecule has 0 bridgehead atoms. The molecule has 0 heterocycles. The fourth-order valence-corrected chi connectivity index (χ4v) is 2.14. The Morgan fingerprint density at radius 2 is 2.12 bits per heavy atom. The van der Waals surface area contributed by atoms with Crippen molar-refractivity contribution < 1.29 is 9.84 Å². The lowest BCUT2D eigenvalue weighted by atomic mass is 9.84. The summed E-state index contributed by atoms with van der Waals surface area (Å²) in [5, 5.41) is 10.5. The van der Waals surface area contributed by atoms with Gasteiger partial charge in [-0.1, -0.05) is 29.8 Å². The van der Waals surface area contributed by atoms with Crippen molar-refractivity contribution in [3.63, 3.8) is 0 Å². The largest absolute Gasteiger partial charge is 0.496 e. The van der Waals surface area contributed by atoms with E-state index in [2.05, 4.69) is 15.9 Å². The Hall–Kier alpha value is -0.580. The monoisotopic (exact) mass is 301 g/mol. The van der Waals surface area contributed by atoms with Crippen LogP contribution >= 0.6 is 15.9 Å². The Morgan fingerprint density at radius 3 is 2.59 bits per heavy atom. The Labute approximate surface area is 111 Å². The van der Waals surface area contributed by atoms with E-state index in [0.717, 1.165) is 15.8 Å². The van der Waals surface area contributed by atoms with Gasteiger partial charge in [0, 0.05) is 17.4 Å². The van der Waals surface area contributed by atoms with E-state index >= 15 is 0 Å². The van der Waals surface area contributed by atoms with E-state index in [0.29, 0.717) is 6.42 Å². The molecular weight excluding hydrogens is 282 g/mol. The summed E-state index contributed by atoms with van der Waals surface area (Å²) in [5.74, 6) is 0.872. The number of ether oxygens (including phenoxy) is 1. The molecule has 3 N–H and O–H groups in total. The molecule has 1 rings (SSSR count). The van der Waals surface area contributed by atoms with Gasteiger partial charge in [-0.15, -0.1) is 0 Å². The van der Waals surface area contributed by atoms with E-state index in [1.807, 2.05) is 32.0 Å². The summed E-state index contributed by atoms with van der Waals surface area (Å²) < 4.78 is 6.27. The summed E-state index contributed by atoms with van der Waals surface area (Å²) >= 11 is 3.42. The summed E-state index contributed by atoms with van der Waals surface area (Å²) in [7, 11) is 1.63. The van der Waals surface area contributed by atoms with Crippen molar-refractivity contribution in [3.8, 4) is 5.75 Å². The number of aliphatic hydroxyl groups is 1. The molecular formula is C13H20BrNO2. The lowest BCUT2D eigenvalue weighted by molar-refractivity contribution is 0.00362. The SMILES string of the molecule is COc1ccc(Br)cc1CC(O)(CN)C(C)C. The minimum absolute atomic E-state index is 0.0937. The maximum atomic E-state index is 10.5. The number of hydrogen-bond acceptors (Lipinski definition) is 3. The van der Waals surface area contributed by atoms with Gasteiger partial charge in [0.1, 0.15) is 5.75 Å². The van der Waals surface area contributed by atoms with Gasteiger partial charge in [0.15, 0.2) is 0 Å². The van der Waals surface area contributed by atoms with Crippen LogP contribution in [-0.2, 0) is 6.42 Å². The maximum Gasteiger partial charge on any atom is 0.122 e. The van der Waals surface area contributed by atoms with E-state index < -0.39 is 5.60 Å². The number of methoxy groups -OCH3 is 1. The highest BCUT2D eigenvalue weighted by Crippen LogP contribution is 2.29. The van der Waals surface area contributed by atoms with Crippen molar-refractivity contribution in [2.45, 2.75) is 25.9 Å². The molecule has 0 aromatic heterocycles. The smallest absolute Gasteiger partial charge is 0.122 e. The first kappa shape index (κ1) is 14.5. The zero-order valence-electron chi connectivity index (χ0n) is 10.5. The molecule has 0 saturated heterocycles. The van der Waals surface area contributed by atoms with Crippen LogP contribution in [0, 0.1) is 5.92 Å². The molecule has 0 amide bonds. The summed E-state index contributed by atoms with van der Waals surface area (Å²) in [5.41, 5.74) is 5.75. The molecule has 3 nitrogen and oxygen atoms in total. The fourth-order valence-electron chi connectivity index (χ4n) is 1.73. The second kappa shape index (κ2) is 5.85. The zero-order chi connectivity index (χ0) is 13.1. The number of benzene rings is 1. The van der Waals surface area contributed by atoms with Crippen LogP contribution in [0.15, 0.2) is 22.7 Å². The Kier molecular flexibility index (Phi) is 4.98. The van der Waals surface area contributed by atoms with Crippen molar-refractivity contribution in [3.05, 3.63) is 28.2 Å². The topological polar surface area (TPSA) is 55.5 Å². The summed E-state index contributed by atoms with van der Waals surface area (Å²) in [6, 6.07) is 5.76. The van der Waals surface area contributed by atoms with Crippen LogP contribution in [0.3, 0.4) is 0 Å². The molecule has 96 valence electrons. The lowest BCUT2D eigenvalue weighted by Gasteiger charge is -2.31. The molecule has 0 saturated carbocycles. The van der Waals surface area contributed by atoms with Crippen molar-refractivity contribution in [1.29, 1.82) is 0 Å². The number of nitrogens with two attached hydrogens (primary N) is 1. The highest BCUT2D eigenvalue weighted by Gasteiger charge is 2.30. The molecule has 1 atom stereocenters. The molecule has 0 fully saturated rings. The first-order valence-electron chi connectivity index (χ1n) is 5.68. The quantitative estimate of drug-likeness (QED) is 0.878. The molecule has 4 heteroatoms. The van der Waals surface area contributed by atoms with Crippen LogP contribution in [-0.4, -0.2) is 24.4 Å². The highest BCUT2D eigenvalue weighted by molar-refractivity contribution is 9.10. The van der Waals surface area contributed by atoms with Crippen molar-refractivity contribution in [1.82, 2.24) is 0 Å². The van der Waals surface area contributed by atoms with Gasteiger partial charge >= 0.3 is 0 Å². The average molecular weight is 302 g/mol. The number of halogens is 1. The third-order valence-corrected chi connectivity index (χ3v) is 3.66. The van der Waals surface area contributed by atoms with Crippen LogP contribution in [0.5, 0.6) is 5.75 Å². The van der Waals surface area contributed by atoms with E-state index in [-0.39, 0.29) is 12.5 Å². The molecule has 1 aromatic rings. The first-order chi connectivity index (χ1) is 7.92. The Balaban J connectivity index is 3.04. The van der Waals surface area contributed by atoms with Crippen molar-refractivity contribution in [2.75, 3.05) is 13.7 Å². The van der Waals surface area contributed by atoms with Crippen LogP contribution in [0.25, 0.3) is 0 Å². The molecule has 0 aliphatic rings. The number of rotatable bonds is 5. The van der Waals surface area contributed by atoms with Crippen LogP contribution in [0.2, 0.25) is 0 Å². The highest BCUT2D eigenvalue weighted by atomic mass is 79.9. The predicted molar refractivity (Wildman–Crippen MR) is 73.2 cm³/mol. The van der Waals surface area contributed by atoms with E-state index in [9.17, 15) is 5.11 Å². The van der Waals surface area contributed by atoms with E-state index in [4.69, 9.17) is 10.5 Å². The molecule has 17 heavy (non-hydrogen) atoms. The molecule has 0 radical (unpaired) electrons. The zero-order valence-corrected chi connectivity index (χ0v) is 12.1. The third-order valence-electron chi connectivity index (χ3n) is 3.17. The molecule has 1 aromatic carbocycles. The lowest BCUT2D eigenvalue weighted by Crippen LogP contribution is -2.44. The minimum Gasteiger partial charge on any atom is -0.496 e. The van der Waals surface area contributed by atoms with Gasteiger partial charge in [-0.3, -0.25) is 0 Å². The van der Waals surface area contributed by atoms with E-state index in [1.165, 1.54) is 0 Å². The molecule has 0 aliphatic heterocycles. The fraction of sp³-hybridized carbons (Fsp3) is 0.538. The van der Waals surface area contributed by atoms with Crippen molar-refractivity contribution >= 4 is 15.9 Å². The Bertz CT molecular complexity index is 382. The maximum absolute atomic E-state index is 10.5. The van der Waals surface area contributed by atoms with Crippen molar-refractivity contribution in [2.24, 2.45) is 11.7 Å². The van der Waals surface area contributed by atoms with Gasteiger partial charge < -0.3 is 15.6 Å². The second-order valence-electron chi connectivity index (χ2n) is 4.60. The minimum atomic E-state index is -0.895. The van der Waals surface area contributed by atoms with Gasteiger partial charge in [-0.25, -0.2) is 0 Å². The van der Waals surface area contributed by atoms with Gasteiger partial charge in [0.25, 0.3) is 0 Å². The van der Waals surface area contributed by atoms with Gasteiger partial charge in [0.2, 0.25) is 0 Å². The normalized spacial score (nSPS) is 14.8. The average Bonchev–Trinajstić information content (AvgIpc) is 2.29. The standard InChI is InChI=1S/C13H20BrNO2/c1-9(2)13(16,8-15)7-10-6-11(14)4-5-12(10)17-3/h4-6,9,16H,7-8,15H2,1-3H3. The summed E-state index contributed by atoms with van der Waals surface area (Å²) in [6.07, 6.45) is 0.490. The summed E-state index contributed by atoms with van der Waals surface area (Å²) in [6.45, 7) is 4.18. The second-order valence-corrected chi connectivity index (χ2v) is 5.51. The first-order valence-corrected chi connectivity index (χ1v) is 6.47. The number of hydrogen-bond donors (Lipinski definition) is 2. The van der Waals surface area contributed by atoms with Crippen LogP contribution in [0.1, 0.15) is 19.4 Å². The molecule has 1 unspecified atom stereocenters. The van der Waals surface area contributed by atoms with Gasteiger partial charge in [-0.2, -0.15) is 0 Å². The molecule has 0 spiro atoms. The summed E-state index contributed by atoms with van der Waals surface area (Å²) in [4.78, 5) is 0. The van der Waals surface area contributed by atoms with Gasteiger partial charge in [-0.05, 0) is 29.7 Å². The van der Waals surface area contributed by atoms with Crippen LogP contribution < -0.4 is 10.5 Å². The van der Waals surface area contributed by atoms with Crippen LogP contribution in [0.4, 0.5) is 0 Å². The predicted octanol–water partition coefficient (Wildman–Crippen LogP) is 2.35. The Morgan fingerprint density at radius 1 is 1.47 bits per heavy atom.